The van der Waals surface area contributed by atoms with Crippen molar-refractivity contribution in [1.29, 1.82) is 0 Å². The number of amides is 1. The van der Waals surface area contributed by atoms with Gasteiger partial charge in [0, 0.05) is 11.0 Å². The molecule has 0 fully saturated rings. The summed E-state index contributed by atoms with van der Waals surface area (Å²) >= 11 is 12.5. The van der Waals surface area contributed by atoms with E-state index in [9.17, 15) is 4.79 Å². The molecule has 0 radical (unpaired) electrons. The Bertz CT molecular complexity index is 898. The van der Waals surface area contributed by atoms with E-state index >= 15 is 0 Å². The van der Waals surface area contributed by atoms with Gasteiger partial charge < -0.3 is 9.88 Å². The summed E-state index contributed by atoms with van der Waals surface area (Å²) < 4.78 is 2.93. The minimum absolute atomic E-state index is 0.136. The minimum atomic E-state index is -0.136. The van der Waals surface area contributed by atoms with E-state index in [1.807, 2.05) is 23.6 Å². The van der Waals surface area contributed by atoms with Gasteiger partial charge in [0.1, 0.15) is 0 Å². The van der Waals surface area contributed by atoms with Crippen molar-refractivity contribution in [2.75, 3.05) is 11.1 Å². The van der Waals surface area contributed by atoms with E-state index in [4.69, 9.17) is 11.6 Å². The van der Waals surface area contributed by atoms with Gasteiger partial charge in [-0.15, -0.1) is 21.5 Å². The molecule has 1 N–H and O–H groups in total. The average Bonchev–Trinajstić information content (AvgIpc) is 3.26. The third-order valence-electron chi connectivity index (χ3n) is 3.44. The highest BCUT2D eigenvalue weighted by atomic mass is 79.9. The van der Waals surface area contributed by atoms with E-state index in [0.29, 0.717) is 10.7 Å². The smallest absolute Gasteiger partial charge is 0.234 e. The molecule has 0 bridgehead atoms. The number of carbonyl (C=O) groups is 1. The molecule has 3 rings (SSSR count). The SMILES string of the molecule is CCCn1c(SCC(=O)Nc2ccc(Br)cc2Cl)nnc1-c1cccs1. The number of aromatic nitrogens is 3. The fraction of sp³-hybridized carbons (Fsp3) is 0.235. The minimum Gasteiger partial charge on any atom is -0.324 e. The maximum Gasteiger partial charge on any atom is 0.234 e. The fourth-order valence-electron chi connectivity index (χ4n) is 2.32. The highest BCUT2D eigenvalue weighted by Crippen LogP contribution is 2.28. The maximum atomic E-state index is 12.3. The summed E-state index contributed by atoms with van der Waals surface area (Å²) in [5.74, 6) is 0.947. The topological polar surface area (TPSA) is 59.8 Å². The first-order valence-electron chi connectivity index (χ1n) is 7.93. The van der Waals surface area contributed by atoms with Gasteiger partial charge in [0.25, 0.3) is 0 Å². The summed E-state index contributed by atoms with van der Waals surface area (Å²) in [7, 11) is 0. The summed E-state index contributed by atoms with van der Waals surface area (Å²) in [6, 6.07) is 9.36. The molecule has 3 aromatic rings. The lowest BCUT2D eigenvalue weighted by Crippen LogP contribution is -2.15. The number of hydrogen-bond donors (Lipinski definition) is 1. The Morgan fingerprint density at radius 1 is 1.38 bits per heavy atom. The molecule has 0 aliphatic heterocycles. The van der Waals surface area contributed by atoms with Gasteiger partial charge in [-0.25, -0.2) is 0 Å². The number of carbonyl (C=O) groups excluding carboxylic acids is 1. The van der Waals surface area contributed by atoms with Crippen molar-refractivity contribution in [3.63, 3.8) is 0 Å². The number of halogens is 2. The number of nitrogens with zero attached hydrogens (tertiary/aromatic N) is 3. The molecule has 0 unspecified atom stereocenters. The first-order chi connectivity index (χ1) is 12.6. The van der Waals surface area contributed by atoms with Crippen LogP contribution in [-0.4, -0.2) is 26.4 Å². The van der Waals surface area contributed by atoms with Crippen molar-refractivity contribution >= 4 is 62.2 Å². The van der Waals surface area contributed by atoms with Crippen LogP contribution in [0.5, 0.6) is 0 Å². The molecule has 0 aliphatic rings. The van der Waals surface area contributed by atoms with E-state index in [0.717, 1.165) is 33.3 Å². The van der Waals surface area contributed by atoms with Crippen LogP contribution in [0.25, 0.3) is 10.7 Å². The second-order valence-electron chi connectivity index (χ2n) is 5.40. The first-order valence-corrected chi connectivity index (χ1v) is 11.0. The second-order valence-corrected chi connectivity index (χ2v) is 8.61. The van der Waals surface area contributed by atoms with Gasteiger partial charge in [-0.05, 0) is 36.1 Å². The van der Waals surface area contributed by atoms with E-state index in [1.54, 1.807) is 23.5 Å². The summed E-state index contributed by atoms with van der Waals surface area (Å²) in [5, 5.41) is 14.7. The van der Waals surface area contributed by atoms with Crippen LogP contribution in [0.1, 0.15) is 13.3 Å². The second kappa shape index (κ2) is 9.03. The Morgan fingerprint density at radius 3 is 2.92 bits per heavy atom. The van der Waals surface area contributed by atoms with Crippen molar-refractivity contribution in [3.8, 4) is 10.7 Å². The van der Waals surface area contributed by atoms with Crippen molar-refractivity contribution in [1.82, 2.24) is 14.8 Å². The van der Waals surface area contributed by atoms with Crippen molar-refractivity contribution in [2.45, 2.75) is 25.0 Å². The highest BCUT2D eigenvalue weighted by Gasteiger charge is 2.16. The van der Waals surface area contributed by atoms with Crippen LogP contribution in [0.4, 0.5) is 5.69 Å². The molecule has 0 saturated carbocycles. The van der Waals surface area contributed by atoms with Crippen molar-refractivity contribution in [2.24, 2.45) is 0 Å². The summed E-state index contributed by atoms with van der Waals surface area (Å²) in [5.41, 5.74) is 0.592. The summed E-state index contributed by atoms with van der Waals surface area (Å²) in [4.78, 5) is 13.3. The molecule has 2 heterocycles. The lowest BCUT2D eigenvalue weighted by Gasteiger charge is -2.09. The lowest BCUT2D eigenvalue weighted by molar-refractivity contribution is -0.113. The molecular weight excluding hydrogens is 456 g/mol. The Labute approximate surface area is 173 Å². The number of thioether (sulfide) groups is 1. The number of thiophene rings is 1. The van der Waals surface area contributed by atoms with Crippen LogP contribution in [0, 0.1) is 0 Å². The molecule has 2 aromatic heterocycles. The van der Waals surface area contributed by atoms with Gasteiger partial charge in [0.2, 0.25) is 5.91 Å². The van der Waals surface area contributed by atoms with E-state index in [2.05, 4.69) is 42.9 Å². The van der Waals surface area contributed by atoms with Gasteiger partial charge in [-0.3, -0.25) is 4.79 Å². The quantitative estimate of drug-likeness (QED) is 0.458. The van der Waals surface area contributed by atoms with E-state index in [-0.39, 0.29) is 11.7 Å². The predicted octanol–water partition coefficient (Wildman–Crippen LogP) is 5.56. The molecule has 136 valence electrons. The molecule has 5 nitrogen and oxygen atoms in total. The molecule has 26 heavy (non-hydrogen) atoms. The number of hydrogen-bond acceptors (Lipinski definition) is 5. The zero-order valence-corrected chi connectivity index (χ0v) is 17.9. The average molecular weight is 472 g/mol. The fourth-order valence-corrected chi connectivity index (χ4v) is 4.52. The maximum absolute atomic E-state index is 12.3. The van der Waals surface area contributed by atoms with E-state index in [1.165, 1.54) is 11.8 Å². The molecule has 9 heteroatoms. The van der Waals surface area contributed by atoms with Crippen LogP contribution in [-0.2, 0) is 11.3 Å². The normalized spacial score (nSPS) is 10.9. The van der Waals surface area contributed by atoms with Gasteiger partial charge in [0.05, 0.1) is 21.3 Å². The predicted molar refractivity (Wildman–Crippen MR) is 112 cm³/mol. The van der Waals surface area contributed by atoms with Gasteiger partial charge in [0.15, 0.2) is 11.0 Å². The highest BCUT2D eigenvalue weighted by molar-refractivity contribution is 9.10. The molecular formula is C17H16BrClN4OS2. The van der Waals surface area contributed by atoms with Gasteiger partial charge in [-0.1, -0.05) is 52.3 Å². The van der Waals surface area contributed by atoms with E-state index < -0.39 is 0 Å². The molecule has 0 spiro atoms. The number of anilines is 1. The Kier molecular flexibility index (Phi) is 6.74. The van der Waals surface area contributed by atoms with Gasteiger partial charge in [-0.2, -0.15) is 0 Å². The third-order valence-corrected chi connectivity index (χ3v) is 6.08. The molecule has 1 amide bonds. The van der Waals surface area contributed by atoms with Crippen molar-refractivity contribution < 1.29 is 4.79 Å². The largest absolute Gasteiger partial charge is 0.324 e. The third kappa shape index (κ3) is 4.68. The van der Waals surface area contributed by atoms with Crippen LogP contribution in [0.15, 0.2) is 45.3 Å². The Hall–Kier alpha value is -1.35. The molecule has 0 atom stereocenters. The lowest BCUT2D eigenvalue weighted by atomic mass is 10.3. The molecule has 0 aliphatic carbocycles. The zero-order chi connectivity index (χ0) is 18.5. The summed E-state index contributed by atoms with van der Waals surface area (Å²) in [6.07, 6.45) is 0.963. The summed E-state index contributed by atoms with van der Waals surface area (Å²) in [6.45, 7) is 2.91. The Balaban J connectivity index is 1.68. The van der Waals surface area contributed by atoms with Crippen LogP contribution < -0.4 is 5.32 Å². The van der Waals surface area contributed by atoms with Crippen molar-refractivity contribution in [3.05, 3.63) is 45.2 Å². The number of nitrogens with one attached hydrogen (secondary N) is 1. The molecule has 1 aromatic carbocycles. The van der Waals surface area contributed by atoms with Crippen LogP contribution in [0.2, 0.25) is 5.02 Å². The first kappa shape index (κ1) is 19.4. The standard InChI is InChI=1S/C17H16BrClN4OS2/c1-2-7-23-16(14-4-3-8-25-14)21-22-17(23)26-10-15(24)20-13-6-5-11(18)9-12(13)19/h3-6,8-9H,2,7,10H2,1H3,(H,20,24). The number of rotatable bonds is 7. The van der Waals surface area contributed by atoms with Gasteiger partial charge >= 0.3 is 0 Å². The van der Waals surface area contributed by atoms with Crippen LogP contribution >= 0.6 is 50.6 Å². The number of benzene rings is 1. The zero-order valence-electron chi connectivity index (χ0n) is 13.9. The Morgan fingerprint density at radius 2 is 2.23 bits per heavy atom. The molecule has 0 saturated heterocycles. The van der Waals surface area contributed by atoms with Crippen LogP contribution in [0.3, 0.4) is 0 Å². The monoisotopic (exact) mass is 470 g/mol.